The molecule has 0 unspecified atom stereocenters. The van der Waals surface area contributed by atoms with Gasteiger partial charge in [0.1, 0.15) is 10.8 Å². The van der Waals surface area contributed by atoms with Gasteiger partial charge in [0.25, 0.3) is 0 Å². The van der Waals surface area contributed by atoms with Gasteiger partial charge in [-0.25, -0.2) is 0 Å². The predicted octanol–water partition coefficient (Wildman–Crippen LogP) is 3.58. The first-order valence-corrected chi connectivity index (χ1v) is 7.44. The van der Waals surface area contributed by atoms with Crippen molar-refractivity contribution in [3.8, 4) is 0 Å². The third-order valence-electron chi connectivity index (χ3n) is 2.90. The third kappa shape index (κ3) is 3.41. The SMILES string of the molecule is CCc1nn(C)c(NC(=O)Cc2cccc(Br)c2)c1Cl. The topological polar surface area (TPSA) is 46.9 Å². The molecule has 0 radical (unpaired) electrons. The first-order chi connectivity index (χ1) is 9.51. The van der Waals surface area contributed by atoms with Crippen molar-refractivity contribution in [1.82, 2.24) is 9.78 Å². The van der Waals surface area contributed by atoms with Crippen LogP contribution in [0.25, 0.3) is 0 Å². The van der Waals surface area contributed by atoms with Gasteiger partial charge in [-0.15, -0.1) is 0 Å². The number of aryl methyl sites for hydroxylation is 2. The molecular formula is C14H15BrClN3O. The van der Waals surface area contributed by atoms with E-state index in [1.54, 1.807) is 11.7 Å². The molecule has 0 aliphatic carbocycles. The van der Waals surface area contributed by atoms with Crippen molar-refractivity contribution < 1.29 is 4.79 Å². The molecule has 1 aromatic carbocycles. The highest BCUT2D eigenvalue weighted by atomic mass is 79.9. The third-order valence-corrected chi connectivity index (χ3v) is 3.79. The van der Waals surface area contributed by atoms with E-state index in [1.807, 2.05) is 31.2 Å². The molecule has 1 heterocycles. The summed E-state index contributed by atoms with van der Waals surface area (Å²) in [6.07, 6.45) is 1.02. The number of nitrogens with zero attached hydrogens (tertiary/aromatic N) is 2. The van der Waals surface area contributed by atoms with Crippen LogP contribution in [0, 0.1) is 0 Å². The zero-order chi connectivity index (χ0) is 14.7. The molecule has 106 valence electrons. The summed E-state index contributed by atoms with van der Waals surface area (Å²) >= 11 is 9.58. The van der Waals surface area contributed by atoms with E-state index >= 15 is 0 Å². The van der Waals surface area contributed by atoms with Crippen LogP contribution in [-0.4, -0.2) is 15.7 Å². The average Bonchev–Trinajstić information content (AvgIpc) is 2.66. The van der Waals surface area contributed by atoms with Crippen molar-refractivity contribution in [2.75, 3.05) is 5.32 Å². The maximum absolute atomic E-state index is 12.1. The fourth-order valence-corrected chi connectivity index (χ4v) is 2.71. The molecular weight excluding hydrogens is 342 g/mol. The molecule has 0 aliphatic heterocycles. The summed E-state index contributed by atoms with van der Waals surface area (Å²) in [5.41, 5.74) is 1.72. The lowest BCUT2D eigenvalue weighted by Gasteiger charge is -2.06. The van der Waals surface area contributed by atoms with Crippen LogP contribution < -0.4 is 5.32 Å². The van der Waals surface area contributed by atoms with E-state index in [0.29, 0.717) is 17.3 Å². The van der Waals surface area contributed by atoms with Crippen LogP contribution in [-0.2, 0) is 24.7 Å². The van der Waals surface area contributed by atoms with Gasteiger partial charge in [0.05, 0.1) is 12.1 Å². The van der Waals surface area contributed by atoms with Gasteiger partial charge >= 0.3 is 0 Å². The molecule has 20 heavy (non-hydrogen) atoms. The molecule has 0 fully saturated rings. The number of amides is 1. The molecule has 4 nitrogen and oxygen atoms in total. The predicted molar refractivity (Wildman–Crippen MR) is 84.1 cm³/mol. The van der Waals surface area contributed by atoms with Crippen LogP contribution in [0.15, 0.2) is 28.7 Å². The molecule has 0 bridgehead atoms. The number of carbonyl (C=O) groups is 1. The standard InChI is InChI=1S/C14H15BrClN3O/c1-3-11-13(16)14(19(2)18-11)17-12(20)8-9-5-4-6-10(15)7-9/h4-7H,3,8H2,1-2H3,(H,17,20). The van der Waals surface area contributed by atoms with Gasteiger partial charge in [0.15, 0.2) is 0 Å². The Hall–Kier alpha value is -1.33. The summed E-state index contributed by atoms with van der Waals surface area (Å²) in [5.74, 6) is 0.430. The van der Waals surface area contributed by atoms with Crippen LogP contribution in [0.3, 0.4) is 0 Å². The number of rotatable bonds is 4. The van der Waals surface area contributed by atoms with Gasteiger partial charge in [-0.1, -0.05) is 46.6 Å². The van der Waals surface area contributed by atoms with Gasteiger partial charge in [0.2, 0.25) is 5.91 Å². The number of hydrogen-bond donors (Lipinski definition) is 1. The van der Waals surface area contributed by atoms with E-state index in [2.05, 4.69) is 26.3 Å². The first-order valence-electron chi connectivity index (χ1n) is 6.27. The Kier molecular flexibility index (Phi) is 4.83. The highest BCUT2D eigenvalue weighted by Gasteiger charge is 2.15. The minimum absolute atomic E-state index is 0.115. The van der Waals surface area contributed by atoms with Crippen LogP contribution in [0.4, 0.5) is 5.82 Å². The summed E-state index contributed by atoms with van der Waals surface area (Å²) in [7, 11) is 1.76. The Morgan fingerprint density at radius 3 is 2.85 bits per heavy atom. The summed E-state index contributed by atoms with van der Waals surface area (Å²) in [6.45, 7) is 1.97. The maximum atomic E-state index is 12.1. The maximum Gasteiger partial charge on any atom is 0.229 e. The second-order valence-electron chi connectivity index (χ2n) is 4.44. The Bertz CT molecular complexity index is 639. The summed E-state index contributed by atoms with van der Waals surface area (Å²) in [6, 6.07) is 7.65. The molecule has 1 amide bonds. The number of nitrogens with one attached hydrogen (secondary N) is 1. The van der Waals surface area contributed by atoms with Crippen LogP contribution in [0.5, 0.6) is 0 Å². The minimum atomic E-state index is -0.115. The van der Waals surface area contributed by atoms with E-state index in [0.717, 1.165) is 22.2 Å². The molecule has 0 saturated carbocycles. The summed E-state index contributed by atoms with van der Waals surface area (Å²) in [5, 5.41) is 7.59. The number of hydrogen-bond acceptors (Lipinski definition) is 2. The molecule has 0 spiro atoms. The Balaban J connectivity index is 2.10. The first kappa shape index (κ1) is 15.1. The van der Waals surface area contributed by atoms with Crippen molar-refractivity contribution >= 4 is 39.3 Å². The lowest BCUT2D eigenvalue weighted by atomic mass is 10.1. The Morgan fingerprint density at radius 2 is 2.25 bits per heavy atom. The van der Waals surface area contributed by atoms with Crippen molar-refractivity contribution in [3.05, 3.63) is 45.0 Å². The normalized spacial score (nSPS) is 10.6. The van der Waals surface area contributed by atoms with Crippen molar-refractivity contribution in [2.24, 2.45) is 7.05 Å². The largest absolute Gasteiger partial charge is 0.309 e. The van der Waals surface area contributed by atoms with E-state index in [-0.39, 0.29) is 5.91 Å². The lowest BCUT2D eigenvalue weighted by molar-refractivity contribution is -0.115. The number of benzene rings is 1. The molecule has 1 aromatic heterocycles. The summed E-state index contributed by atoms with van der Waals surface area (Å²) in [4.78, 5) is 12.1. The van der Waals surface area contributed by atoms with Gasteiger partial charge < -0.3 is 5.32 Å². The number of aromatic nitrogens is 2. The van der Waals surface area contributed by atoms with Crippen molar-refractivity contribution in [1.29, 1.82) is 0 Å². The fourth-order valence-electron chi connectivity index (χ4n) is 1.92. The highest BCUT2D eigenvalue weighted by molar-refractivity contribution is 9.10. The van der Waals surface area contributed by atoms with E-state index in [4.69, 9.17) is 11.6 Å². The van der Waals surface area contributed by atoms with Gasteiger partial charge in [-0.3, -0.25) is 9.48 Å². The van der Waals surface area contributed by atoms with E-state index in [1.165, 1.54) is 0 Å². The van der Waals surface area contributed by atoms with Crippen molar-refractivity contribution in [2.45, 2.75) is 19.8 Å². The van der Waals surface area contributed by atoms with Gasteiger partial charge in [-0.2, -0.15) is 5.10 Å². The minimum Gasteiger partial charge on any atom is -0.309 e. The van der Waals surface area contributed by atoms with Crippen molar-refractivity contribution in [3.63, 3.8) is 0 Å². The number of carbonyl (C=O) groups excluding carboxylic acids is 1. The molecule has 6 heteroatoms. The zero-order valence-electron chi connectivity index (χ0n) is 11.3. The van der Waals surface area contributed by atoms with Crippen LogP contribution >= 0.6 is 27.5 Å². The average molecular weight is 357 g/mol. The number of anilines is 1. The second-order valence-corrected chi connectivity index (χ2v) is 5.73. The second kappa shape index (κ2) is 6.41. The number of halogens is 2. The van der Waals surface area contributed by atoms with E-state index < -0.39 is 0 Å². The van der Waals surface area contributed by atoms with E-state index in [9.17, 15) is 4.79 Å². The monoisotopic (exact) mass is 355 g/mol. The lowest BCUT2D eigenvalue weighted by Crippen LogP contribution is -2.16. The summed E-state index contributed by atoms with van der Waals surface area (Å²) < 4.78 is 2.55. The van der Waals surface area contributed by atoms with Crippen LogP contribution in [0.1, 0.15) is 18.2 Å². The molecule has 1 N–H and O–H groups in total. The molecule has 0 atom stereocenters. The molecule has 2 rings (SSSR count). The Morgan fingerprint density at radius 1 is 1.50 bits per heavy atom. The quantitative estimate of drug-likeness (QED) is 0.910. The Labute approximate surface area is 131 Å². The zero-order valence-corrected chi connectivity index (χ0v) is 13.6. The molecule has 0 aliphatic rings. The van der Waals surface area contributed by atoms with Crippen LogP contribution in [0.2, 0.25) is 5.02 Å². The molecule has 2 aromatic rings. The highest BCUT2D eigenvalue weighted by Crippen LogP contribution is 2.25. The van der Waals surface area contributed by atoms with Gasteiger partial charge in [0, 0.05) is 11.5 Å². The fraction of sp³-hybridized carbons (Fsp3) is 0.286. The van der Waals surface area contributed by atoms with Gasteiger partial charge in [-0.05, 0) is 24.1 Å². The molecule has 0 saturated heterocycles. The smallest absolute Gasteiger partial charge is 0.229 e.